The highest BCUT2D eigenvalue weighted by molar-refractivity contribution is 5.76. The molecule has 0 aliphatic carbocycles. The van der Waals surface area contributed by atoms with Gasteiger partial charge in [-0.2, -0.15) is 5.10 Å². The number of carbonyl (C=O) groups excluding carboxylic acids is 1. The third kappa shape index (κ3) is 5.50. The van der Waals surface area contributed by atoms with Gasteiger partial charge >= 0.3 is 0 Å². The van der Waals surface area contributed by atoms with Gasteiger partial charge in [-0.15, -0.1) is 0 Å². The van der Waals surface area contributed by atoms with Crippen LogP contribution in [0.25, 0.3) is 0 Å². The second-order valence-corrected chi connectivity index (χ2v) is 6.24. The Morgan fingerprint density at radius 3 is 2.95 bits per heavy atom. The number of nitrogens with one attached hydrogen (secondary N) is 2. The van der Waals surface area contributed by atoms with Crippen LogP contribution in [0, 0.1) is 11.8 Å². The molecule has 1 atom stereocenters. The smallest absolute Gasteiger partial charge is 0.220 e. The maximum Gasteiger partial charge on any atom is 0.220 e. The standard InChI is InChI=1S/C16H28N4O/c1-13(15-5-8-17-9-6-15)10-16(21)18-7-3-4-14-11-19-20(2)12-14/h11-13,15,17H,3-10H2,1-2H3,(H,18,21). The Hall–Kier alpha value is -1.36. The van der Waals surface area contributed by atoms with E-state index in [0.29, 0.717) is 18.3 Å². The molecule has 1 unspecified atom stereocenters. The molecule has 5 nitrogen and oxygen atoms in total. The predicted molar refractivity (Wildman–Crippen MR) is 83.9 cm³/mol. The Labute approximate surface area is 127 Å². The first kappa shape index (κ1) is 16.0. The molecule has 2 N–H and O–H groups in total. The van der Waals surface area contributed by atoms with Gasteiger partial charge in [0.1, 0.15) is 0 Å². The van der Waals surface area contributed by atoms with Crippen molar-refractivity contribution in [2.24, 2.45) is 18.9 Å². The molecule has 0 saturated carbocycles. The fraction of sp³-hybridized carbons (Fsp3) is 0.750. The maximum absolute atomic E-state index is 12.0. The highest BCUT2D eigenvalue weighted by Gasteiger charge is 2.21. The van der Waals surface area contributed by atoms with Crippen molar-refractivity contribution in [3.63, 3.8) is 0 Å². The van der Waals surface area contributed by atoms with E-state index >= 15 is 0 Å². The van der Waals surface area contributed by atoms with Crippen LogP contribution in [-0.4, -0.2) is 35.3 Å². The van der Waals surface area contributed by atoms with Gasteiger partial charge in [0, 0.05) is 26.2 Å². The van der Waals surface area contributed by atoms with Crippen LogP contribution in [0.4, 0.5) is 0 Å². The van der Waals surface area contributed by atoms with Crippen molar-refractivity contribution in [2.75, 3.05) is 19.6 Å². The molecule has 1 aliphatic rings. The van der Waals surface area contributed by atoms with E-state index in [2.05, 4.69) is 22.7 Å². The summed E-state index contributed by atoms with van der Waals surface area (Å²) in [6.07, 6.45) is 8.93. The monoisotopic (exact) mass is 292 g/mol. The third-order valence-electron chi connectivity index (χ3n) is 4.42. The predicted octanol–water partition coefficient (Wildman–Crippen LogP) is 1.49. The van der Waals surface area contributed by atoms with Crippen LogP contribution < -0.4 is 10.6 Å². The van der Waals surface area contributed by atoms with Crippen LogP contribution >= 0.6 is 0 Å². The molecule has 0 spiro atoms. The highest BCUT2D eigenvalue weighted by atomic mass is 16.1. The lowest BCUT2D eigenvalue weighted by atomic mass is 9.84. The third-order valence-corrected chi connectivity index (χ3v) is 4.42. The lowest BCUT2D eigenvalue weighted by Gasteiger charge is -2.27. The van der Waals surface area contributed by atoms with E-state index in [4.69, 9.17) is 0 Å². The van der Waals surface area contributed by atoms with Crippen LogP contribution in [0.15, 0.2) is 12.4 Å². The van der Waals surface area contributed by atoms with Crippen molar-refractivity contribution in [3.05, 3.63) is 18.0 Å². The molecule has 2 rings (SSSR count). The first-order valence-electron chi connectivity index (χ1n) is 8.10. The lowest BCUT2D eigenvalue weighted by molar-refractivity contribution is -0.122. The summed E-state index contributed by atoms with van der Waals surface area (Å²) in [5, 5.41) is 10.6. The second kappa shape index (κ2) is 8.17. The molecule has 0 radical (unpaired) electrons. The fourth-order valence-electron chi connectivity index (χ4n) is 3.07. The van der Waals surface area contributed by atoms with Gasteiger partial charge < -0.3 is 10.6 Å². The number of aromatic nitrogens is 2. The fourth-order valence-corrected chi connectivity index (χ4v) is 3.07. The maximum atomic E-state index is 12.0. The van der Waals surface area contributed by atoms with Gasteiger partial charge in [0.2, 0.25) is 5.91 Å². The van der Waals surface area contributed by atoms with Crippen molar-refractivity contribution >= 4 is 5.91 Å². The molecule has 1 saturated heterocycles. The Kier molecular flexibility index (Phi) is 6.23. The topological polar surface area (TPSA) is 59.0 Å². The van der Waals surface area contributed by atoms with Gasteiger partial charge in [0.25, 0.3) is 0 Å². The van der Waals surface area contributed by atoms with Crippen molar-refractivity contribution < 1.29 is 4.79 Å². The molecule has 2 heterocycles. The van der Waals surface area contributed by atoms with Crippen LogP contribution in [-0.2, 0) is 18.3 Å². The van der Waals surface area contributed by atoms with Gasteiger partial charge in [0.05, 0.1) is 6.20 Å². The average molecular weight is 292 g/mol. The van der Waals surface area contributed by atoms with E-state index in [9.17, 15) is 4.79 Å². The molecule has 1 aromatic rings. The molecule has 1 aromatic heterocycles. The van der Waals surface area contributed by atoms with E-state index in [0.717, 1.165) is 32.5 Å². The molecule has 1 fully saturated rings. The first-order chi connectivity index (χ1) is 10.1. The lowest BCUT2D eigenvalue weighted by Crippen LogP contribution is -2.33. The highest BCUT2D eigenvalue weighted by Crippen LogP contribution is 2.24. The average Bonchev–Trinajstić information content (AvgIpc) is 2.90. The van der Waals surface area contributed by atoms with Crippen molar-refractivity contribution in [1.29, 1.82) is 0 Å². The van der Waals surface area contributed by atoms with E-state index < -0.39 is 0 Å². The van der Waals surface area contributed by atoms with Crippen molar-refractivity contribution in [3.8, 4) is 0 Å². The Bertz CT molecular complexity index is 437. The number of amides is 1. The van der Waals surface area contributed by atoms with E-state index in [1.807, 2.05) is 24.1 Å². The number of rotatable bonds is 7. The molecule has 1 amide bonds. The number of piperidine rings is 1. The van der Waals surface area contributed by atoms with Gasteiger partial charge in [-0.05, 0) is 56.2 Å². The number of carbonyl (C=O) groups is 1. The summed E-state index contributed by atoms with van der Waals surface area (Å²) in [6.45, 7) is 5.17. The normalized spacial score (nSPS) is 17.6. The summed E-state index contributed by atoms with van der Waals surface area (Å²) in [6, 6.07) is 0. The van der Waals surface area contributed by atoms with Crippen molar-refractivity contribution in [1.82, 2.24) is 20.4 Å². The van der Waals surface area contributed by atoms with Gasteiger partial charge in [-0.25, -0.2) is 0 Å². The molecule has 0 aromatic carbocycles. The van der Waals surface area contributed by atoms with Crippen LogP contribution in [0.3, 0.4) is 0 Å². The van der Waals surface area contributed by atoms with E-state index in [1.165, 1.54) is 18.4 Å². The summed E-state index contributed by atoms with van der Waals surface area (Å²) < 4.78 is 1.81. The molecule has 118 valence electrons. The Morgan fingerprint density at radius 1 is 1.52 bits per heavy atom. The minimum atomic E-state index is 0.201. The minimum Gasteiger partial charge on any atom is -0.356 e. The van der Waals surface area contributed by atoms with Gasteiger partial charge in [0.15, 0.2) is 0 Å². The molecular formula is C16H28N4O. The first-order valence-corrected chi connectivity index (χ1v) is 8.10. The van der Waals surface area contributed by atoms with Crippen LogP contribution in [0.1, 0.15) is 38.2 Å². The summed E-state index contributed by atoms with van der Waals surface area (Å²) in [5.74, 6) is 1.39. The molecule has 0 bridgehead atoms. The molecule has 1 aliphatic heterocycles. The minimum absolute atomic E-state index is 0.201. The SMILES string of the molecule is CC(CC(=O)NCCCc1cnn(C)c1)C1CCNCC1. The second-order valence-electron chi connectivity index (χ2n) is 6.24. The summed E-state index contributed by atoms with van der Waals surface area (Å²) in [7, 11) is 1.92. The number of nitrogens with zero attached hydrogens (tertiary/aromatic N) is 2. The Morgan fingerprint density at radius 2 is 2.29 bits per heavy atom. The van der Waals surface area contributed by atoms with E-state index in [-0.39, 0.29) is 5.91 Å². The number of hydrogen-bond acceptors (Lipinski definition) is 3. The molecule has 21 heavy (non-hydrogen) atoms. The summed E-state index contributed by atoms with van der Waals surface area (Å²) >= 11 is 0. The molecule has 5 heteroatoms. The Balaban J connectivity index is 1.58. The van der Waals surface area contributed by atoms with Crippen LogP contribution in [0.5, 0.6) is 0 Å². The zero-order valence-corrected chi connectivity index (χ0v) is 13.3. The summed E-state index contributed by atoms with van der Waals surface area (Å²) in [4.78, 5) is 12.0. The van der Waals surface area contributed by atoms with E-state index in [1.54, 1.807) is 0 Å². The summed E-state index contributed by atoms with van der Waals surface area (Å²) in [5.41, 5.74) is 1.23. The largest absolute Gasteiger partial charge is 0.356 e. The number of hydrogen-bond donors (Lipinski definition) is 2. The van der Waals surface area contributed by atoms with Crippen LogP contribution in [0.2, 0.25) is 0 Å². The molecular weight excluding hydrogens is 264 g/mol. The van der Waals surface area contributed by atoms with Gasteiger partial charge in [-0.3, -0.25) is 9.48 Å². The zero-order chi connectivity index (χ0) is 15.1. The zero-order valence-electron chi connectivity index (χ0n) is 13.3. The van der Waals surface area contributed by atoms with Gasteiger partial charge in [-0.1, -0.05) is 6.92 Å². The number of aryl methyl sites for hydroxylation is 2. The van der Waals surface area contributed by atoms with Crippen molar-refractivity contribution in [2.45, 2.75) is 39.0 Å². The quantitative estimate of drug-likeness (QED) is 0.749.